The molecule has 0 fully saturated rings. The molecule has 0 saturated heterocycles. The van der Waals surface area contributed by atoms with Crippen molar-refractivity contribution >= 4 is 22.2 Å². The summed E-state index contributed by atoms with van der Waals surface area (Å²) in [5, 5.41) is 15.1. The van der Waals surface area contributed by atoms with Gasteiger partial charge < -0.3 is 0 Å². The summed E-state index contributed by atoms with van der Waals surface area (Å²) in [5.41, 5.74) is 4.24. The summed E-state index contributed by atoms with van der Waals surface area (Å²) >= 11 is 1.54. The van der Waals surface area contributed by atoms with Crippen LogP contribution in [0.15, 0.2) is 36.4 Å². The minimum Gasteiger partial charge on any atom is -0.278 e. The van der Waals surface area contributed by atoms with Gasteiger partial charge in [0.15, 0.2) is 0 Å². The van der Waals surface area contributed by atoms with Gasteiger partial charge in [0.25, 0.3) is 0 Å². The summed E-state index contributed by atoms with van der Waals surface area (Å²) < 4.78 is 1.67. The van der Waals surface area contributed by atoms with Gasteiger partial charge in [0.1, 0.15) is 12.7 Å². The van der Waals surface area contributed by atoms with Crippen molar-refractivity contribution in [3.8, 4) is 16.4 Å². The van der Waals surface area contributed by atoms with Gasteiger partial charge in [-0.1, -0.05) is 6.07 Å². The lowest BCUT2D eigenvalue weighted by atomic mass is 10.0. The number of rotatable bonds is 2. The topological polar surface area (TPSA) is 72.3 Å². The molecule has 3 heterocycles. The van der Waals surface area contributed by atoms with Gasteiger partial charge in [-0.15, -0.1) is 11.3 Å². The molecule has 4 aromatic rings. The zero-order valence-electron chi connectivity index (χ0n) is 10.6. The second-order valence-electron chi connectivity index (χ2n) is 4.44. The summed E-state index contributed by atoms with van der Waals surface area (Å²) in [7, 11) is 0. The van der Waals surface area contributed by atoms with Crippen molar-refractivity contribution in [3.05, 3.63) is 41.9 Å². The number of hydrogen-bond donors (Lipinski definition) is 1. The standard InChI is InChI=1S/C13H10N6S/c1-8-2-3-10-9(4-15-18-10)12(8)11-5-20-13(17-11)19-7-14-6-16-19/h2-7H,1H3,(H,15,18). The van der Waals surface area contributed by atoms with Crippen LogP contribution in [0.2, 0.25) is 0 Å². The van der Waals surface area contributed by atoms with Gasteiger partial charge in [-0.05, 0) is 18.6 Å². The normalized spacial score (nSPS) is 11.2. The Bertz CT molecular complexity index is 873. The van der Waals surface area contributed by atoms with Crippen molar-refractivity contribution in [2.75, 3.05) is 0 Å². The van der Waals surface area contributed by atoms with E-state index in [0.717, 1.165) is 27.3 Å². The van der Waals surface area contributed by atoms with Crippen LogP contribution in [0, 0.1) is 6.92 Å². The number of aromatic nitrogens is 6. The summed E-state index contributed by atoms with van der Waals surface area (Å²) in [6, 6.07) is 4.11. The minimum atomic E-state index is 0.803. The zero-order chi connectivity index (χ0) is 13.5. The van der Waals surface area contributed by atoms with Crippen LogP contribution in [0.5, 0.6) is 0 Å². The molecule has 4 rings (SSSR count). The van der Waals surface area contributed by atoms with Gasteiger partial charge in [-0.25, -0.2) is 9.97 Å². The van der Waals surface area contributed by atoms with Crippen LogP contribution in [0.25, 0.3) is 27.3 Å². The Labute approximate surface area is 118 Å². The van der Waals surface area contributed by atoms with E-state index in [2.05, 4.69) is 38.3 Å². The van der Waals surface area contributed by atoms with Crippen LogP contribution in [-0.2, 0) is 0 Å². The van der Waals surface area contributed by atoms with Crippen LogP contribution in [-0.4, -0.2) is 29.9 Å². The molecule has 0 saturated carbocycles. The van der Waals surface area contributed by atoms with E-state index in [0.29, 0.717) is 0 Å². The maximum Gasteiger partial charge on any atom is 0.212 e. The maximum atomic E-state index is 4.65. The molecule has 0 unspecified atom stereocenters. The van der Waals surface area contributed by atoms with E-state index >= 15 is 0 Å². The lowest BCUT2D eigenvalue weighted by Crippen LogP contribution is -1.93. The minimum absolute atomic E-state index is 0.803. The lowest BCUT2D eigenvalue weighted by Gasteiger charge is -2.03. The zero-order valence-corrected chi connectivity index (χ0v) is 11.4. The van der Waals surface area contributed by atoms with Gasteiger partial charge in [-0.2, -0.15) is 14.9 Å². The fourth-order valence-electron chi connectivity index (χ4n) is 2.26. The highest BCUT2D eigenvalue weighted by molar-refractivity contribution is 7.12. The molecule has 0 spiro atoms. The quantitative estimate of drug-likeness (QED) is 0.613. The Morgan fingerprint density at radius 2 is 2.25 bits per heavy atom. The molecule has 0 atom stereocenters. The molecule has 1 aromatic carbocycles. The number of hydrogen-bond acceptors (Lipinski definition) is 5. The molecule has 6 nitrogen and oxygen atoms in total. The Balaban J connectivity index is 1.91. The Hall–Kier alpha value is -2.54. The summed E-state index contributed by atoms with van der Waals surface area (Å²) in [4.78, 5) is 8.59. The number of thiazole rings is 1. The molecule has 98 valence electrons. The molecule has 3 aromatic heterocycles. The first-order valence-electron chi connectivity index (χ1n) is 6.06. The number of nitrogens with one attached hydrogen (secondary N) is 1. The lowest BCUT2D eigenvalue weighted by molar-refractivity contribution is 0.869. The smallest absolute Gasteiger partial charge is 0.212 e. The number of benzene rings is 1. The predicted molar refractivity (Wildman–Crippen MR) is 76.9 cm³/mol. The molecule has 0 aliphatic heterocycles. The van der Waals surface area contributed by atoms with Gasteiger partial charge >= 0.3 is 0 Å². The molecule has 0 bridgehead atoms. The van der Waals surface area contributed by atoms with Gasteiger partial charge in [0, 0.05) is 16.3 Å². The van der Waals surface area contributed by atoms with Crippen LogP contribution in [0.1, 0.15) is 5.56 Å². The average molecular weight is 282 g/mol. The van der Waals surface area contributed by atoms with E-state index < -0.39 is 0 Å². The fourth-order valence-corrected chi connectivity index (χ4v) is 3.00. The molecule has 0 aliphatic carbocycles. The number of aryl methyl sites for hydroxylation is 1. The van der Waals surface area contributed by atoms with E-state index in [9.17, 15) is 0 Å². The monoisotopic (exact) mass is 282 g/mol. The van der Waals surface area contributed by atoms with Crippen molar-refractivity contribution < 1.29 is 0 Å². The first-order valence-corrected chi connectivity index (χ1v) is 6.94. The van der Waals surface area contributed by atoms with Crippen molar-refractivity contribution in [2.24, 2.45) is 0 Å². The molecule has 7 heteroatoms. The van der Waals surface area contributed by atoms with E-state index in [1.54, 1.807) is 22.3 Å². The SMILES string of the molecule is Cc1ccc2[nH]ncc2c1-c1csc(-n2cncn2)n1. The van der Waals surface area contributed by atoms with Crippen molar-refractivity contribution in [1.82, 2.24) is 29.9 Å². The highest BCUT2D eigenvalue weighted by Crippen LogP contribution is 2.32. The first-order chi connectivity index (χ1) is 9.83. The third kappa shape index (κ3) is 1.64. The van der Waals surface area contributed by atoms with E-state index in [-0.39, 0.29) is 0 Å². The largest absolute Gasteiger partial charge is 0.278 e. The molecular weight excluding hydrogens is 272 g/mol. The van der Waals surface area contributed by atoms with Crippen LogP contribution in [0.3, 0.4) is 0 Å². The van der Waals surface area contributed by atoms with Crippen LogP contribution < -0.4 is 0 Å². The van der Waals surface area contributed by atoms with E-state index in [1.165, 1.54) is 11.9 Å². The van der Waals surface area contributed by atoms with Gasteiger partial charge in [0.2, 0.25) is 5.13 Å². The van der Waals surface area contributed by atoms with Gasteiger partial charge in [0.05, 0.1) is 17.4 Å². The van der Waals surface area contributed by atoms with Crippen LogP contribution in [0.4, 0.5) is 0 Å². The Kier molecular flexibility index (Phi) is 2.40. The summed E-state index contributed by atoms with van der Waals surface area (Å²) in [6.07, 6.45) is 4.99. The van der Waals surface area contributed by atoms with Crippen molar-refractivity contribution in [3.63, 3.8) is 0 Å². The third-order valence-electron chi connectivity index (χ3n) is 3.20. The first kappa shape index (κ1) is 11.3. The second-order valence-corrected chi connectivity index (χ2v) is 5.28. The molecule has 0 amide bonds. The predicted octanol–water partition coefficient (Wildman–Crippen LogP) is 2.58. The van der Waals surface area contributed by atoms with Crippen molar-refractivity contribution in [2.45, 2.75) is 6.92 Å². The number of H-pyrrole nitrogens is 1. The van der Waals surface area contributed by atoms with Crippen molar-refractivity contribution in [1.29, 1.82) is 0 Å². The van der Waals surface area contributed by atoms with Crippen LogP contribution >= 0.6 is 11.3 Å². The molecular formula is C13H10N6S. The number of nitrogens with zero attached hydrogens (tertiary/aromatic N) is 5. The maximum absolute atomic E-state index is 4.65. The fraction of sp³-hybridized carbons (Fsp3) is 0.0769. The third-order valence-corrected chi connectivity index (χ3v) is 4.03. The van der Waals surface area contributed by atoms with E-state index in [1.807, 2.05) is 17.6 Å². The summed E-state index contributed by atoms with van der Waals surface area (Å²) in [6.45, 7) is 2.08. The Morgan fingerprint density at radius 3 is 3.10 bits per heavy atom. The summed E-state index contributed by atoms with van der Waals surface area (Å²) in [5.74, 6) is 0. The number of aromatic amines is 1. The Morgan fingerprint density at radius 1 is 1.30 bits per heavy atom. The molecule has 20 heavy (non-hydrogen) atoms. The molecule has 1 N–H and O–H groups in total. The number of fused-ring (bicyclic) bond motifs is 1. The molecule has 0 aliphatic rings. The second kappa shape index (κ2) is 4.24. The highest BCUT2D eigenvalue weighted by Gasteiger charge is 2.13. The van der Waals surface area contributed by atoms with Gasteiger partial charge in [-0.3, -0.25) is 5.10 Å². The highest BCUT2D eigenvalue weighted by atomic mass is 32.1. The van der Waals surface area contributed by atoms with E-state index in [4.69, 9.17) is 0 Å². The molecule has 0 radical (unpaired) electrons. The average Bonchev–Trinajstić information content (AvgIpc) is 3.19.